The number of nitrogens with one attached hydrogen (secondary N) is 1. The molecule has 0 radical (unpaired) electrons. The molecule has 0 aliphatic carbocycles. The van der Waals surface area contributed by atoms with Gasteiger partial charge in [-0.1, -0.05) is 35.2 Å². The Kier molecular flexibility index (Phi) is 3.62. The second-order valence-electron chi connectivity index (χ2n) is 5.31. The molecule has 0 heterocycles. The van der Waals surface area contributed by atoms with Gasteiger partial charge in [0.25, 0.3) is 10.0 Å². The van der Waals surface area contributed by atoms with Crippen molar-refractivity contribution in [3.63, 3.8) is 0 Å². The van der Waals surface area contributed by atoms with E-state index in [2.05, 4.69) is 4.89 Å². The first-order valence-corrected chi connectivity index (χ1v) is 7.45. The second-order valence-corrected chi connectivity index (χ2v) is 6.96. The topological polar surface area (TPSA) is 55.4 Å². The van der Waals surface area contributed by atoms with Crippen molar-refractivity contribution in [2.75, 3.05) is 0 Å². The van der Waals surface area contributed by atoms with Gasteiger partial charge in [-0.25, -0.2) is 8.42 Å². The van der Waals surface area contributed by atoms with E-state index in [0.717, 1.165) is 10.8 Å². The summed E-state index contributed by atoms with van der Waals surface area (Å²) < 4.78 is 24.2. The zero-order chi connectivity index (χ0) is 14.1. The average molecular weight is 279 g/mol. The molecule has 2 aromatic carbocycles. The van der Waals surface area contributed by atoms with Crippen LogP contribution >= 0.6 is 0 Å². The Bertz CT molecular complexity index is 687. The summed E-state index contributed by atoms with van der Waals surface area (Å²) in [6, 6.07) is 12.6. The van der Waals surface area contributed by atoms with E-state index in [0.29, 0.717) is 0 Å². The molecule has 0 amide bonds. The lowest BCUT2D eigenvalue weighted by atomic mass is 10.1. The number of hydrogen-bond donors (Lipinski definition) is 1. The molecule has 2 rings (SSSR count). The first-order valence-electron chi connectivity index (χ1n) is 5.97. The Hall–Kier alpha value is -1.43. The smallest absolute Gasteiger partial charge is 0.262 e. The van der Waals surface area contributed by atoms with Crippen molar-refractivity contribution in [1.29, 1.82) is 0 Å². The van der Waals surface area contributed by atoms with E-state index in [4.69, 9.17) is 4.84 Å². The van der Waals surface area contributed by atoms with Gasteiger partial charge >= 0.3 is 0 Å². The third-order valence-electron chi connectivity index (χ3n) is 2.49. The third kappa shape index (κ3) is 3.53. The van der Waals surface area contributed by atoms with Crippen molar-refractivity contribution in [2.24, 2.45) is 0 Å². The highest BCUT2D eigenvalue weighted by Gasteiger charge is 2.19. The minimum absolute atomic E-state index is 0.190. The average Bonchev–Trinajstić information content (AvgIpc) is 2.35. The Balaban J connectivity index is 2.32. The lowest BCUT2D eigenvalue weighted by molar-refractivity contribution is -0.0357. The quantitative estimate of drug-likeness (QED) is 0.879. The molecule has 0 aromatic heterocycles. The molecule has 0 fully saturated rings. The SMILES string of the molecule is CC(C)(C)ONS(=O)(=O)c1ccc2ccccc2c1. The molecule has 0 atom stereocenters. The summed E-state index contributed by atoms with van der Waals surface area (Å²) in [5.41, 5.74) is -0.579. The van der Waals surface area contributed by atoms with Gasteiger partial charge in [0.05, 0.1) is 10.5 Å². The molecule has 19 heavy (non-hydrogen) atoms. The molecule has 4 nitrogen and oxygen atoms in total. The molecular formula is C14H17NO3S. The fourth-order valence-corrected chi connectivity index (χ4v) is 2.55. The summed E-state index contributed by atoms with van der Waals surface area (Å²) in [5, 5.41) is 1.87. The minimum atomic E-state index is -3.66. The molecule has 2 aromatic rings. The van der Waals surface area contributed by atoms with Crippen LogP contribution in [0.25, 0.3) is 10.8 Å². The maximum absolute atomic E-state index is 12.1. The number of rotatable bonds is 3. The van der Waals surface area contributed by atoms with E-state index < -0.39 is 15.6 Å². The van der Waals surface area contributed by atoms with Gasteiger partial charge in [0, 0.05) is 0 Å². The van der Waals surface area contributed by atoms with Gasteiger partial charge in [0.1, 0.15) is 0 Å². The van der Waals surface area contributed by atoms with Crippen molar-refractivity contribution < 1.29 is 13.3 Å². The molecule has 0 spiro atoms. The molecular weight excluding hydrogens is 262 g/mol. The van der Waals surface area contributed by atoms with Crippen LogP contribution in [0.2, 0.25) is 0 Å². The van der Waals surface area contributed by atoms with Crippen LogP contribution in [0.15, 0.2) is 47.4 Å². The Morgan fingerprint density at radius 2 is 1.63 bits per heavy atom. The number of fused-ring (bicyclic) bond motifs is 1. The molecule has 0 saturated heterocycles. The van der Waals surface area contributed by atoms with Crippen LogP contribution in [0.1, 0.15) is 20.8 Å². The highest BCUT2D eigenvalue weighted by molar-refractivity contribution is 7.89. The van der Waals surface area contributed by atoms with Gasteiger partial charge in [-0.15, -0.1) is 0 Å². The van der Waals surface area contributed by atoms with Gasteiger partial charge in [-0.3, -0.25) is 4.84 Å². The third-order valence-corrected chi connectivity index (χ3v) is 3.67. The fourth-order valence-electron chi connectivity index (χ4n) is 1.56. The normalized spacial score (nSPS) is 12.8. The second kappa shape index (κ2) is 4.92. The summed E-state index contributed by atoms with van der Waals surface area (Å²) >= 11 is 0. The van der Waals surface area contributed by atoms with Gasteiger partial charge in [-0.05, 0) is 43.7 Å². The largest absolute Gasteiger partial charge is 0.281 e. The zero-order valence-corrected chi connectivity index (χ0v) is 12.0. The standard InChI is InChI=1S/C14H17NO3S/c1-14(2,3)18-15-19(16,17)13-9-8-11-6-4-5-7-12(11)10-13/h4-10,15H,1-3H3. The summed E-state index contributed by atoms with van der Waals surface area (Å²) in [4.78, 5) is 7.47. The van der Waals surface area contributed by atoms with Gasteiger partial charge in [0.15, 0.2) is 0 Å². The summed E-state index contributed by atoms with van der Waals surface area (Å²) in [5.74, 6) is 0. The molecule has 5 heteroatoms. The Morgan fingerprint density at radius 3 is 2.26 bits per heavy atom. The van der Waals surface area contributed by atoms with Crippen molar-refractivity contribution in [1.82, 2.24) is 4.89 Å². The highest BCUT2D eigenvalue weighted by atomic mass is 32.2. The molecule has 0 bridgehead atoms. The van der Waals surface area contributed by atoms with Gasteiger partial charge in [-0.2, -0.15) is 0 Å². The lowest BCUT2D eigenvalue weighted by Crippen LogP contribution is -2.33. The van der Waals surface area contributed by atoms with Gasteiger partial charge in [0.2, 0.25) is 0 Å². The van der Waals surface area contributed by atoms with E-state index in [1.807, 2.05) is 24.3 Å². The van der Waals surface area contributed by atoms with Crippen molar-refractivity contribution in [3.05, 3.63) is 42.5 Å². The Morgan fingerprint density at radius 1 is 1.00 bits per heavy atom. The van der Waals surface area contributed by atoms with Crippen LogP contribution < -0.4 is 4.89 Å². The van der Waals surface area contributed by atoms with Crippen molar-refractivity contribution in [3.8, 4) is 0 Å². The number of benzene rings is 2. The Labute approximate surface area is 113 Å². The van der Waals surface area contributed by atoms with Crippen LogP contribution in [-0.2, 0) is 14.9 Å². The minimum Gasteiger partial charge on any atom is -0.281 e. The van der Waals surface area contributed by atoms with E-state index in [1.165, 1.54) is 0 Å². The van der Waals surface area contributed by atoms with Crippen LogP contribution in [-0.4, -0.2) is 14.0 Å². The van der Waals surface area contributed by atoms with Crippen molar-refractivity contribution >= 4 is 20.8 Å². The van der Waals surface area contributed by atoms with Crippen LogP contribution in [0, 0.1) is 0 Å². The maximum Gasteiger partial charge on any atom is 0.262 e. The van der Waals surface area contributed by atoms with Crippen LogP contribution in [0.3, 0.4) is 0 Å². The number of hydrogen-bond acceptors (Lipinski definition) is 3. The first-order chi connectivity index (χ1) is 8.78. The van der Waals surface area contributed by atoms with Crippen molar-refractivity contribution in [2.45, 2.75) is 31.3 Å². The van der Waals surface area contributed by atoms with Crippen LogP contribution in [0.5, 0.6) is 0 Å². The summed E-state index contributed by atoms with van der Waals surface area (Å²) in [6.45, 7) is 5.32. The fraction of sp³-hybridized carbons (Fsp3) is 0.286. The van der Waals surface area contributed by atoms with Gasteiger partial charge < -0.3 is 0 Å². The molecule has 0 aliphatic heterocycles. The summed E-state index contributed by atoms with van der Waals surface area (Å²) in [7, 11) is -3.66. The molecule has 0 unspecified atom stereocenters. The lowest BCUT2D eigenvalue weighted by Gasteiger charge is -2.19. The van der Waals surface area contributed by atoms with E-state index >= 15 is 0 Å². The van der Waals surface area contributed by atoms with Crippen LogP contribution in [0.4, 0.5) is 0 Å². The molecule has 1 N–H and O–H groups in total. The van der Waals surface area contributed by atoms with E-state index in [1.54, 1.807) is 39.0 Å². The first kappa shape index (κ1) is 14.0. The van der Waals surface area contributed by atoms with E-state index in [9.17, 15) is 8.42 Å². The molecule has 0 aliphatic rings. The molecule has 102 valence electrons. The number of sulfonamides is 1. The predicted octanol–water partition coefficient (Wildman–Crippen LogP) is 2.85. The van der Waals surface area contributed by atoms with E-state index in [-0.39, 0.29) is 4.90 Å². The monoisotopic (exact) mass is 279 g/mol. The predicted molar refractivity (Wildman–Crippen MR) is 75.1 cm³/mol. The highest BCUT2D eigenvalue weighted by Crippen LogP contribution is 2.19. The maximum atomic E-state index is 12.1. The summed E-state index contributed by atoms with van der Waals surface area (Å²) in [6.07, 6.45) is 0. The molecule has 0 saturated carbocycles. The zero-order valence-electron chi connectivity index (χ0n) is 11.2.